The van der Waals surface area contributed by atoms with Crippen LogP contribution < -0.4 is 24.4 Å². The summed E-state index contributed by atoms with van der Waals surface area (Å²) < 4.78 is 25.6. The van der Waals surface area contributed by atoms with E-state index in [0.717, 1.165) is 22.6 Å². The molecule has 0 amide bonds. The molecular formula is C34H35N3O7S. The quantitative estimate of drug-likeness (QED) is 0.253. The van der Waals surface area contributed by atoms with Gasteiger partial charge in [-0.15, -0.1) is 0 Å². The van der Waals surface area contributed by atoms with Crippen molar-refractivity contribution >= 4 is 29.4 Å². The fourth-order valence-electron chi connectivity index (χ4n) is 5.60. The maximum Gasteiger partial charge on any atom is 0.338 e. The van der Waals surface area contributed by atoms with Gasteiger partial charge in [0.2, 0.25) is 0 Å². The van der Waals surface area contributed by atoms with Crippen molar-refractivity contribution in [1.82, 2.24) is 9.13 Å². The molecule has 5 rings (SSSR count). The first kappa shape index (κ1) is 31.5. The average Bonchev–Trinajstić information content (AvgIpc) is 3.49. The Hall–Kier alpha value is -4.90. The minimum atomic E-state index is -0.791. The molecule has 0 fully saturated rings. The van der Waals surface area contributed by atoms with Gasteiger partial charge < -0.3 is 23.5 Å². The number of thiazole rings is 1. The zero-order chi connectivity index (χ0) is 32.4. The fourth-order valence-corrected chi connectivity index (χ4v) is 6.64. The Morgan fingerprint density at radius 3 is 2.44 bits per heavy atom. The van der Waals surface area contributed by atoms with Gasteiger partial charge in [0.15, 0.2) is 16.3 Å². The number of hydrogen-bond donors (Lipinski definition) is 0. The van der Waals surface area contributed by atoms with Crippen molar-refractivity contribution in [3.05, 3.63) is 108 Å². The van der Waals surface area contributed by atoms with E-state index in [0.29, 0.717) is 44.3 Å². The van der Waals surface area contributed by atoms with E-state index in [-0.39, 0.29) is 17.7 Å². The number of ether oxygens (including phenoxy) is 4. The summed E-state index contributed by atoms with van der Waals surface area (Å²) in [6.07, 6.45) is 1.84. The second kappa shape index (κ2) is 13.0. The topological polar surface area (TPSA) is 110 Å². The van der Waals surface area contributed by atoms with Crippen LogP contribution in [0.1, 0.15) is 59.7 Å². The maximum absolute atomic E-state index is 14.2. The van der Waals surface area contributed by atoms with Gasteiger partial charge in [0.25, 0.3) is 5.56 Å². The Kier molecular flexibility index (Phi) is 9.10. The predicted molar refractivity (Wildman–Crippen MR) is 171 cm³/mol. The van der Waals surface area contributed by atoms with Gasteiger partial charge in [0.05, 0.1) is 54.8 Å². The molecule has 0 bridgehead atoms. The number of aromatic nitrogens is 2. The van der Waals surface area contributed by atoms with Crippen LogP contribution in [0.3, 0.4) is 0 Å². The first-order valence-corrected chi connectivity index (χ1v) is 15.3. The highest BCUT2D eigenvalue weighted by Gasteiger charge is 2.34. The van der Waals surface area contributed by atoms with Crippen LogP contribution in [0, 0.1) is 13.8 Å². The van der Waals surface area contributed by atoms with Gasteiger partial charge in [0.1, 0.15) is 0 Å². The lowest BCUT2D eigenvalue weighted by Gasteiger charge is -2.25. The summed E-state index contributed by atoms with van der Waals surface area (Å²) in [5.41, 5.74) is 5.02. The molecule has 0 N–H and O–H groups in total. The third-order valence-corrected chi connectivity index (χ3v) is 8.59. The van der Waals surface area contributed by atoms with Crippen LogP contribution in [0.15, 0.2) is 69.6 Å². The molecule has 4 aromatic rings. The molecule has 0 saturated carbocycles. The third kappa shape index (κ3) is 5.83. The summed E-state index contributed by atoms with van der Waals surface area (Å²) in [5.74, 6) is 0.0857. The van der Waals surface area contributed by atoms with Crippen molar-refractivity contribution in [3.63, 3.8) is 0 Å². The van der Waals surface area contributed by atoms with E-state index in [1.807, 2.05) is 49.6 Å². The number of nitrogens with zero attached hydrogens (tertiary/aromatic N) is 3. The average molecular weight is 630 g/mol. The van der Waals surface area contributed by atoms with Gasteiger partial charge >= 0.3 is 11.9 Å². The molecule has 45 heavy (non-hydrogen) atoms. The lowest BCUT2D eigenvalue weighted by atomic mass is 9.95. The summed E-state index contributed by atoms with van der Waals surface area (Å²) in [7, 11) is 2.91. The summed E-state index contributed by atoms with van der Waals surface area (Å²) >= 11 is 1.25. The van der Waals surface area contributed by atoms with Gasteiger partial charge in [-0.1, -0.05) is 23.5 Å². The molecule has 1 atom stereocenters. The van der Waals surface area contributed by atoms with Crippen LogP contribution in [-0.4, -0.2) is 48.5 Å². The van der Waals surface area contributed by atoms with Crippen molar-refractivity contribution in [2.24, 2.45) is 4.99 Å². The number of allylic oxidation sites excluding steroid dienone is 1. The lowest BCUT2D eigenvalue weighted by Crippen LogP contribution is -2.40. The fraction of sp³-hybridized carbons (Fsp3) is 0.294. The molecule has 2 aromatic heterocycles. The Bertz CT molecular complexity index is 2020. The van der Waals surface area contributed by atoms with Crippen LogP contribution in [0.25, 0.3) is 11.8 Å². The van der Waals surface area contributed by atoms with Crippen LogP contribution in [-0.2, 0) is 14.3 Å². The molecule has 0 aliphatic carbocycles. The van der Waals surface area contributed by atoms with E-state index in [1.54, 1.807) is 55.9 Å². The molecule has 0 radical (unpaired) electrons. The normalized spacial score (nSPS) is 14.6. The van der Waals surface area contributed by atoms with Gasteiger partial charge in [-0.3, -0.25) is 9.36 Å². The molecule has 1 aliphatic heterocycles. The summed E-state index contributed by atoms with van der Waals surface area (Å²) in [4.78, 5) is 44.8. The Balaban J connectivity index is 1.68. The molecule has 0 spiro atoms. The summed E-state index contributed by atoms with van der Waals surface area (Å²) in [5, 5.41) is 0. The molecule has 2 aromatic carbocycles. The molecule has 11 heteroatoms. The molecule has 0 unspecified atom stereocenters. The monoisotopic (exact) mass is 629 g/mol. The zero-order valence-electron chi connectivity index (χ0n) is 26.3. The maximum atomic E-state index is 14.2. The van der Waals surface area contributed by atoms with Gasteiger partial charge in [0, 0.05) is 17.1 Å². The van der Waals surface area contributed by atoms with Gasteiger partial charge in [-0.05, 0) is 88.2 Å². The van der Waals surface area contributed by atoms with Crippen LogP contribution in [0.2, 0.25) is 0 Å². The van der Waals surface area contributed by atoms with Crippen LogP contribution >= 0.6 is 11.3 Å². The number of benzene rings is 2. The van der Waals surface area contributed by atoms with Crippen LogP contribution in [0.4, 0.5) is 0 Å². The minimum absolute atomic E-state index is 0.178. The minimum Gasteiger partial charge on any atom is -0.493 e. The van der Waals surface area contributed by atoms with E-state index >= 15 is 0 Å². The zero-order valence-corrected chi connectivity index (χ0v) is 27.1. The second-order valence-corrected chi connectivity index (χ2v) is 11.4. The molecule has 10 nitrogen and oxygen atoms in total. The molecule has 3 heterocycles. The number of hydrogen-bond acceptors (Lipinski definition) is 9. The largest absolute Gasteiger partial charge is 0.493 e. The Morgan fingerprint density at radius 1 is 0.978 bits per heavy atom. The third-order valence-electron chi connectivity index (χ3n) is 7.60. The molecular weight excluding hydrogens is 594 g/mol. The lowest BCUT2D eigenvalue weighted by molar-refractivity contribution is -0.139. The number of carbonyl (C=O) groups excluding carboxylic acids is 2. The first-order valence-electron chi connectivity index (χ1n) is 14.5. The number of aryl methyl sites for hydroxylation is 1. The SMILES string of the molecule is CCOC(=O)C1=C(C)N=c2s/c(=C/c3cc(C)n(-c4cccc(C(=O)OC)c4)c3C)c(=O)n2[C@H]1c1ccc(OC)c(OCC)c1. The van der Waals surface area contributed by atoms with Crippen molar-refractivity contribution in [2.75, 3.05) is 27.4 Å². The molecule has 1 aliphatic rings. The smallest absolute Gasteiger partial charge is 0.338 e. The highest BCUT2D eigenvalue weighted by atomic mass is 32.1. The van der Waals surface area contributed by atoms with E-state index in [4.69, 9.17) is 18.9 Å². The molecule has 234 valence electrons. The van der Waals surface area contributed by atoms with Crippen LogP contribution in [0.5, 0.6) is 11.5 Å². The van der Waals surface area contributed by atoms with E-state index in [2.05, 4.69) is 4.99 Å². The number of methoxy groups -OCH3 is 2. The first-order chi connectivity index (χ1) is 21.6. The number of rotatable bonds is 9. The van der Waals surface area contributed by atoms with E-state index in [1.165, 1.54) is 18.4 Å². The Morgan fingerprint density at radius 2 is 1.76 bits per heavy atom. The van der Waals surface area contributed by atoms with Gasteiger partial charge in [-0.25, -0.2) is 14.6 Å². The highest BCUT2D eigenvalue weighted by Crippen LogP contribution is 2.36. The van der Waals surface area contributed by atoms with Crippen molar-refractivity contribution < 1.29 is 28.5 Å². The number of esters is 2. The van der Waals surface area contributed by atoms with E-state index in [9.17, 15) is 14.4 Å². The Labute approximate surface area is 264 Å². The highest BCUT2D eigenvalue weighted by molar-refractivity contribution is 7.07. The van der Waals surface area contributed by atoms with Crippen molar-refractivity contribution in [3.8, 4) is 17.2 Å². The predicted octanol–water partition coefficient (Wildman–Crippen LogP) is 4.40. The van der Waals surface area contributed by atoms with Gasteiger partial charge in [-0.2, -0.15) is 0 Å². The standard InChI is InChI=1S/C34H35N3O7S/c1-8-43-27-17-22(13-14-26(27)41-6)30-29(33(40)44-9-2)20(4)35-34-37(30)31(38)28(45-34)18-24-15-19(3)36(21(24)5)25-12-10-11-23(16-25)32(39)42-7/h10-18,30H,8-9H2,1-7H3/b28-18+/t30-/m0/s1. The number of fused-ring (bicyclic) bond motifs is 1. The van der Waals surface area contributed by atoms with Crippen molar-refractivity contribution in [1.29, 1.82) is 0 Å². The second-order valence-electron chi connectivity index (χ2n) is 10.3. The number of carbonyl (C=O) groups is 2. The summed E-state index contributed by atoms with van der Waals surface area (Å²) in [6.45, 7) is 9.87. The van der Waals surface area contributed by atoms with Crippen molar-refractivity contribution in [2.45, 2.75) is 40.7 Å². The molecule has 0 saturated heterocycles. The van der Waals surface area contributed by atoms with E-state index < -0.39 is 18.0 Å². The summed E-state index contributed by atoms with van der Waals surface area (Å²) in [6, 6.07) is 13.8.